The first-order chi connectivity index (χ1) is 10.5. The van der Waals surface area contributed by atoms with Crippen molar-refractivity contribution in [2.75, 3.05) is 0 Å². The summed E-state index contributed by atoms with van der Waals surface area (Å²) in [6.07, 6.45) is 1.78. The molecule has 5 nitrogen and oxygen atoms in total. The van der Waals surface area contributed by atoms with Gasteiger partial charge in [-0.3, -0.25) is 10.1 Å². The summed E-state index contributed by atoms with van der Waals surface area (Å²) >= 11 is 0. The highest BCUT2D eigenvalue weighted by Gasteiger charge is 2.28. The first-order valence-electron chi connectivity index (χ1n) is 6.75. The molecular formula is C17H13NO4. The Bertz CT molecular complexity index is 837. The molecule has 0 N–H and O–H groups in total. The smallest absolute Gasteiger partial charge is 0.344 e. The van der Waals surface area contributed by atoms with Crippen LogP contribution in [0.3, 0.4) is 0 Å². The zero-order chi connectivity index (χ0) is 15.9. The van der Waals surface area contributed by atoms with E-state index in [-0.39, 0.29) is 11.3 Å². The molecule has 5 heteroatoms. The van der Waals surface area contributed by atoms with Crippen LogP contribution in [-0.4, -0.2) is 10.9 Å². The fourth-order valence-corrected chi connectivity index (χ4v) is 2.48. The molecule has 2 aromatic carbocycles. The molecule has 0 amide bonds. The second-order valence-corrected chi connectivity index (χ2v) is 5.25. The number of rotatable bonds is 2. The van der Waals surface area contributed by atoms with E-state index in [0.29, 0.717) is 11.3 Å². The van der Waals surface area contributed by atoms with Crippen molar-refractivity contribution in [3.8, 4) is 0 Å². The van der Waals surface area contributed by atoms with Gasteiger partial charge >= 0.3 is 5.97 Å². The van der Waals surface area contributed by atoms with Crippen molar-refractivity contribution >= 4 is 23.5 Å². The summed E-state index contributed by atoms with van der Waals surface area (Å²) in [5, 5.41) is 10.8. The quantitative estimate of drug-likeness (QED) is 0.479. The number of cyclic esters (lactones) is 1. The third-order valence-electron chi connectivity index (χ3n) is 3.61. The molecule has 0 aromatic heterocycles. The Morgan fingerprint density at radius 1 is 1.09 bits per heavy atom. The average molecular weight is 295 g/mol. The lowest BCUT2D eigenvalue weighted by Gasteiger charge is -2.04. The maximum absolute atomic E-state index is 11.9. The van der Waals surface area contributed by atoms with E-state index >= 15 is 0 Å². The van der Waals surface area contributed by atoms with Gasteiger partial charge < -0.3 is 4.74 Å². The molecule has 0 fully saturated rings. The van der Waals surface area contributed by atoms with Crippen LogP contribution in [0.5, 0.6) is 0 Å². The number of nitro groups is 1. The predicted octanol–water partition coefficient (Wildman–Crippen LogP) is 3.88. The van der Waals surface area contributed by atoms with E-state index in [1.807, 2.05) is 32.0 Å². The summed E-state index contributed by atoms with van der Waals surface area (Å²) < 4.78 is 5.26. The number of hydrogen-bond donors (Lipinski definition) is 0. The molecular weight excluding hydrogens is 282 g/mol. The molecule has 0 atom stereocenters. The number of non-ortho nitro benzene ring substituents is 1. The van der Waals surface area contributed by atoms with Gasteiger partial charge in [-0.15, -0.1) is 0 Å². The molecule has 0 aliphatic carbocycles. The summed E-state index contributed by atoms with van der Waals surface area (Å²) in [6, 6.07) is 10.1. The predicted molar refractivity (Wildman–Crippen MR) is 82.3 cm³/mol. The van der Waals surface area contributed by atoms with Gasteiger partial charge in [-0.2, -0.15) is 0 Å². The Morgan fingerprint density at radius 2 is 1.86 bits per heavy atom. The Kier molecular flexibility index (Phi) is 3.25. The van der Waals surface area contributed by atoms with Crippen LogP contribution >= 0.6 is 0 Å². The molecule has 2 aromatic rings. The number of fused-ring (bicyclic) bond motifs is 1. The monoisotopic (exact) mass is 295 g/mol. The number of benzene rings is 2. The summed E-state index contributed by atoms with van der Waals surface area (Å²) in [4.78, 5) is 22.2. The summed E-state index contributed by atoms with van der Waals surface area (Å²) in [5.74, 6) is -0.142. The standard InChI is InChI=1S/C17H13NO4/c1-10-3-4-12(11(2)7-10)8-16-14-6-5-13(18(20)21)9-15(14)17(19)22-16/h3-9H,1-2H3. The van der Waals surface area contributed by atoms with Crippen molar-refractivity contribution in [2.45, 2.75) is 13.8 Å². The van der Waals surface area contributed by atoms with E-state index in [1.54, 1.807) is 12.1 Å². The van der Waals surface area contributed by atoms with Gasteiger partial charge in [-0.05, 0) is 37.1 Å². The van der Waals surface area contributed by atoms with Crippen molar-refractivity contribution < 1.29 is 14.5 Å². The fourth-order valence-electron chi connectivity index (χ4n) is 2.48. The number of aryl methyl sites for hydroxylation is 2. The van der Waals surface area contributed by atoms with Gasteiger partial charge in [0.1, 0.15) is 5.76 Å². The average Bonchev–Trinajstić information content (AvgIpc) is 2.78. The number of nitro benzene ring substituents is 1. The van der Waals surface area contributed by atoms with Crippen molar-refractivity contribution in [2.24, 2.45) is 0 Å². The summed E-state index contributed by atoms with van der Waals surface area (Å²) in [6.45, 7) is 3.99. The number of carbonyl (C=O) groups is 1. The van der Waals surface area contributed by atoms with Gasteiger partial charge in [0.2, 0.25) is 0 Å². The molecule has 0 saturated carbocycles. The SMILES string of the molecule is Cc1ccc(C=C2OC(=O)c3cc([N+](=O)[O-])ccc32)c(C)c1. The lowest BCUT2D eigenvalue weighted by Crippen LogP contribution is -1.95. The van der Waals surface area contributed by atoms with Crippen LogP contribution in [0.15, 0.2) is 36.4 Å². The molecule has 22 heavy (non-hydrogen) atoms. The molecule has 110 valence electrons. The van der Waals surface area contributed by atoms with Gasteiger partial charge in [-0.25, -0.2) is 4.79 Å². The Hall–Kier alpha value is -2.95. The van der Waals surface area contributed by atoms with Crippen LogP contribution in [0.25, 0.3) is 11.8 Å². The minimum Gasteiger partial charge on any atom is -0.422 e. The number of carbonyl (C=O) groups excluding carboxylic acids is 1. The largest absolute Gasteiger partial charge is 0.422 e. The van der Waals surface area contributed by atoms with Crippen molar-refractivity contribution in [3.63, 3.8) is 0 Å². The van der Waals surface area contributed by atoms with E-state index in [1.165, 1.54) is 12.1 Å². The second-order valence-electron chi connectivity index (χ2n) is 5.25. The van der Waals surface area contributed by atoms with Crippen LogP contribution in [0.4, 0.5) is 5.69 Å². The van der Waals surface area contributed by atoms with E-state index in [2.05, 4.69) is 0 Å². The van der Waals surface area contributed by atoms with Gasteiger partial charge in [0.15, 0.2) is 0 Å². The maximum Gasteiger partial charge on any atom is 0.344 e. The van der Waals surface area contributed by atoms with Crippen LogP contribution in [-0.2, 0) is 4.74 Å². The van der Waals surface area contributed by atoms with E-state index in [9.17, 15) is 14.9 Å². The lowest BCUT2D eigenvalue weighted by molar-refractivity contribution is -0.384. The summed E-state index contributed by atoms with van der Waals surface area (Å²) in [7, 11) is 0. The molecule has 1 aliphatic heterocycles. The van der Waals surface area contributed by atoms with E-state index in [4.69, 9.17) is 4.74 Å². The van der Waals surface area contributed by atoms with Crippen molar-refractivity contribution in [1.82, 2.24) is 0 Å². The second kappa shape index (κ2) is 5.11. The molecule has 0 spiro atoms. The van der Waals surface area contributed by atoms with Gasteiger partial charge in [0.05, 0.1) is 10.5 Å². The number of ether oxygens (including phenoxy) is 1. The first kappa shape index (κ1) is 14.0. The minimum atomic E-state index is -0.560. The van der Waals surface area contributed by atoms with Crippen LogP contribution in [0.2, 0.25) is 0 Å². The Morgan fingerprint density at radius 3 is 2.55 bits per heavy atom. The van der Waals surface area contributed by atoms with Gasteiger partial charge in [0, 0.05) is 17.7 Å². The third kappa shape index (κ3) is 2.37. The Balaban J connectivity index is 2.07. The van der Waals surface area contributed by atoms with Crippen LogP contribution < -0.4 is 0 Å². The first-order valence-corrected chi connectivity index (χ1v) is 6.75. The highest BCUT2D eigenvalue weighted by atomic mass is 16.6. The fraction of sp³-hybridized carbons (Fsp3) is 0.118. The summed E-state index contributed by atoms with van der Waals surface area (Å²) in [5.41, 5.74) is 3.85. The zero-order valence-corrected chi connectivity index (χ0v) is 12.1. The molecule has 0 radical (unpaired) electrons. The lowest BCUT2D eigenvalue weighted by atomic mass is 10.0. The van der Waals surface area contributed by atoms with Gasteiger partial charge in [0.25, 0.3) is 5.69 Å². The zero-order valence-electron chi connectivity index (χ0n) is 12.1. The van der Waals surface area contributed by atoms with Gasteiger partial charge in [-0.1, -0.05) is 23.8 Å². The maximum atomic E-state index is 11.9. The molecule has 0 unspecified atom stereocenters. The molecule has 0 bridgehead atoms. The minimum absolute atomic E-state index is 0.122. The third-order valence-corrected chi connectivity index (χ3v) is 3.61. The topological polar surface area (TPSA) is 69.4 Å². The van der Waals surface area contributed by atoms with Crippen molar-refractivity contribution in [1.29, 1.82) is 0 Å². The van der Waals surface area contributed by atoms with E-state index in [0.717, 1.165) is 16.7 Å². The van der Waals surface area contributed by atoms with Crippen LogP contribution in [0.1, 0.15) is 32.6 Å². The Labute approximate surface area is 127 Å². The molecule has 1 aliphatic rings. The number of esters is 1. The molecule has 1 heterocycles. The van der Waals surface area contributed by atoms with E-state index < -0.39 is 10.9 Å². The molecule has 3 rings (SSSR count). The number of hydrogen-bond acceptors (Lipinski definition) is 4. The highest BCUT2D eigenvalue weighted by Crippen LogP contribution is 2.34. The normalized spacial score (nSPS) is 14.8. The van der Waals surface area contributed by atoms with Crippen molar-refractivity contribution in [3.05, 3.63) is 74.3 Å². The van der Waals surface area contributed by atoms with Crippen LogP contribution in [0, 0.1) is 24.0 Å². The molecule has 0 saturated heterocycles. The highest BCUT2D eigenvalue weighted by molar-refractivity contribution is 6.06. The number of nitrogens with zero attached hydrogens (tertiary/aromatic N) is 1.